The second-order valence-corrected chi connectivity index (χ2v) is 5.80. The van der Waals surface area contributed by atoms with Crippen molar-refractivity contribution in [3.05, 3.63) is 16.4 Å². The van der Waals surface area contributed by atoms with Crippen LogP contribution in [0.4, 0.5) is 0 Å². The number of carbonyl (C=O) groups is 1. The first-order chi connectivity index (χ1) is 10.7. The van der Waals surface area contributed by atoms with Crippen LogP contribution in [-0.2, 0) is 9.53 Å². The third-order valence-electron chi connectivity index (χ3n) is 4.48. The van der Waals surface area contributed by atoms with E-state index in [1.54, 1.807) is 0 Å². The Bertz CT molecular complexity index is 561. The second kappa shape index (κ2) is 6.62. The fourth-order valence-electron chi connectivity index (χ4n) is 3.11. The summed E-state index contributed by atoms with van der Waals surface area (Å²) in [7, 11) is 0. The third kappa shape index (κ3) is 3.22. The molecule has 1 unspecified atom stereocenters. The highest BCUT2D eigenvalue weighted by Gasteiger charge is 2.33. The largest absolute Gasteiger partial charge is 0.434 e. The molecular formula is C14H22N4O4. The molecule has 1 amide bonds. The summed E-state index contributed by atoms with van der Waals surface area (Å²) in [5.74, 6) is 0.0921. The molecule has 2 fully saturated rings. The summed E-state index contributed by atoms with van der Waals surface area (Å²) in [5, 5.41) is 6.17. The van der Waals surface area contributed by atoms with Gasteiger partial charge in [-0.15, -0.1) is 5.10 Å². The number of morpholine rings is 1. The Morgan fingerprint density at radius 3 is 2.77 bits per heavy atom. The van der Waals surface area contributed by atoms with Gasteiger partial charge >= 0.3 is 5.76 Å². The topological polar surface area (TPSA) is 91.7 Å². The van der Waals surface area contributed by atoms with Crippen molar-refractivity contribution in [1.29, 1.82) is 0 Å². The quantitative estimate of drug-likeness (QED) is 0.830. The van der Waals surface area contributed by atoms with Crippen molar-refractivity contribution in [2.75, 3.05) is 39.3 Å². The van der Waals surface area contributed by atoms with E-state index < -0.39 is 5.76 Å². The number of H-pyrrole nitrogens is 1. The summed E-state index contributed by atoms with van der Waals surface area (Å²) in [5.41, 5.74) is 0. The first-order valence-electron chi connectivity index (χ1n) is 7.85. The summed E-state index contributed by atoms with van der Waals surface area (Å²) in [6, 6.07) is 0. The Hall–Kier alpha value is -1.67. The zero-order chi connectivity index (χ0) is 15.5. The number of ether oxygens (including phenoxy) is 1. The highest BCUT2D eigenvalue weighted by atomic mass is 16.5. The van der Waals surface area contributed by atoms with Crippen molar-refractivity contribution in [3.8, 4) is 0 Å². The average molecular weight is 310 g/mol. The molecule has 1 atom stereocenters. The Labute approximate surface area is 128 Å². The average Bonchev–Trinajstić information content (AvgIpc) is 3.01. The van der Waals surface area contributed by atoms with E-state index in [-0.39, 0.29) is 17.9 Å². The molecule has 0 aromatic carbocycles. The van der Waals surface area contributed by atoms with E-state index in [1.807, 2.05) is 4.90 Å². The van der Waals surface area contributed by atoms with Crippen molar-refractivity contribution in [2.24, 2.45) is 0 Å². The highest BCUT2D eigenvalue weighted by molar-refractivity contribution is 5.81. The minimum absolute atomic E-state index is 0.0695. The minimum atomic E-state index is -0.524. The summed E-state index contributed by atoms with van der Waals surface area (Å²) >= 11 is 0. The number of hydrogen-bond acceptors (Lipinski definition) is 6. The molecule has 3 heterocycles. The van der Waals surface area contributed by atoms with E-state index in [0.717, 1.165) is 25.9 Å². The van der Waals surface area contributed by atoms with Crippen LogP contribution >= 0.6 is 0 Å². The molecule has 8 nitrogen and oxygen atoms in total. The van der Waals surface area contributed by atoms with Crippen molar-refractivity contribution in [2.45, 2.75) is 31.8 Å². The molecule has 1 aromatic heterocycles. The van der Waals surface area contributed by atoms with Gasteiger partial charge in [0.1, 0.15) is 6.10 Å². The van der Waals surface area contributed by atoms with Crippen LogP contribution in [0.25, 0.3) is 0 Å². The van der Waals surface area contributed by atoms with Gasteiger partial charge in [-0.25, -0.2) is 9.89 Å². The Kier molecular flexibility index (Phi) is 4.58. The van der Waals surface area contributed by atoms with Gasteiger partial charge in [-0.05, 0) is 19.4 Å². The Balaban J connectivity index is 1.54. The normalized spacial score (nSPS) is 24.6. The molecule has 22 heavy (non-hydrogen) atoms. The zero-order valence-electron chi connectivity index (χ0n) is 12.8. The SMILES string of the molecule is CCN1CCOC(C(=O)N2CCC(c3n[nH]c(=O)o3)CC2)C1. The maximum absolute atomic E-state index is 12.5. The second-order valence-electron chi connectivity index (χ2n) is 5.80. The number of carbonyl (C=O) groups excluding carboxylic acids is 1. The number of likely N-dealkylation sites (N-methyl/N-ethyl adjacent to an activating group) is 1. The molecule has 2 saturated heterocycles. The number of nitrogens with zero attached hydrogens (tertiary/aromatic N) is 3. The lowest BCUT2D eigenvalue weighted by Gasteiger charge is -2.36. The molecule has 0 aliphatic carbocycles. The number of likely N-dealkylation sites (tertiary alicyclic amines) is 1. The minimum Gasteiger partial charge on any atom is -0.392 e. The fraction of sp³-hybridized carbons (Fsp3) is 0.786. The van der Waals surface area contributed by atoms with E-state index in [9.17, 15) is 9.59 Å². The molecule has 0 saturated carbocycles. The van der Waals surface area contributed by atoms with Gasteiger partial charge in [-0.3, -0.25) is 9.69 Å². The number of piperidine rings is 1. The number of nitrogens with one attached hydrogen (secondary N) is 1. The fourth-order valence-corrected chi connectivity index (χ4v) is 3.11. The molecule has 3 rings (SSSR count). The van der Waals surface area contributed by atoms with Gasteiger partial charge in [-0.2, -0.15) is 0 Å². The number of rotatable bonds is 3. The lowest BCUT2D eigenvalue weighted by molar-refractivity contribution is -0.150. The predicted octanol–water partition coefficient (Wildman–Crippen LogP) is -0.210. The van der Waals surface area contributed by atoms with Crippen molar-refractivity contribution in [3.63, 3.8) is 0 Å². The molecule has 122 valence electrons. The summed E-state index contributed by atoms with van der Waals surface area (Å²) < 4.78 is 10.6. The molecule has 0 bridgehead atoms. The van der Waals surface area contributed by atoms with Gasteiger partial charge in [0.2, 0.25) is 5.89 Å². The highest BCUT2D eigenvalue weighted by Crippen LogP contribution is 2.26. The maximum Gasteiger partial charge on any atom is 0.434 e. The summed E-state index contributed by atoms with van der Waals surface area (Å²) in [4.78, 5) is 27.6. The van der Waals surface area contributed by atoms with Crippen molar-refractivity contribution < 1.29 is 13.9 Å². The van der Waals surface area contributed by atoms with Gasteiger partial charge in [0.15, 0.2) is 0 Å². The molecule has 1 aromatic rings. The smallest absolute Gasteiger partial charge is 0.392 e. The van der Waals surface area contributed by atoms with Crippen molar-refractivity contribution in [1.82, 2.24) is 20.0 Å². The van der Waals surface area contributed by atoms with E-state index in [2.05, 4.69) is 22.0 Å². The standard InChI is InChI=1S/C14H22N4O4/c1-2-17-7-8-21-11(9-17)13(19)18-5-3-10(4-6-18)12-15-16-14(20)22-12/h10-11H,2-9H2,1H3,(H,16,20). The summed E-state index contributed by atoms with van der Waals surface area (Å²) in [6.45, 7) is 6.49. The van der Waals surface area contributed by atoms with Crippen LogP contribution in [0.2, 0.25) is 0 Å². The van der Waals surface area contributed by atoms with Crippen LogP contribution in [0.15, 0.2) is 9.21 Å². The van der Waals surface area contributed by atoms with Crippen LogP contribution in [0, 0.1) is 0 Å². The number of aromatic nitrogens is 2. The Morgan fingerprint density at radius 1 is 1.36 bits per heavy atom. The van der Waals surface area contributed by atoms with Gasteiger partial charge in [-0.1, -0.05) is 6.92 Å². The Morgan fingerprint density at radius 2 is 2.14 bits per heavy atom. The molecule has 2 aliphatic rings. The number of hydrogen-bond donors (Lipinski definition) is 1. The zero-order valence-corrected chi connectivity index (χ0v) is 12.8. The third-order valence-corrected chi connectivity index (χ3v) is 4.48. The summed E-state index contributed by atoms with van der Waals surface area (Å²) in [6.07, 6.45) is 1.15. The van der Waals surface area contributed by atoms with Crippen LogP contribution in [-0.4, -0.2) is 71.3 Å². The van der Waals surface area contributed by atoms with Crippen LogP contribution < -0.4 is 5.76 Å². The molecule has 0 spiro atoms. The monoisotopic (exact) mass is 310 g/mol. The first-order valence-corrected chi connectivity index (χ1v) is 7.85. The molecular weight excluding hydrogens is 288 g/mol. The van der Waals surface area contributed by atoms with Crippen molar-refractivity contribution >= 4 is 5.91 Å². The lowest BCUT2D eigenvalue weighted by atomic mass is 9.96. The molecule has 8 heteroatoms. The van der Waals surface area contributed by atoms with E-state index in [1.165, 1.54) is 0 Å². The van der Waals surface area contributed by atoms with Gasteiger partial charge in [0.25, 0.3) is 5.91 Å². The predicted molar refractivity (Wildman–Crippen MR) is 77.5 cm³/mol. The maximum atomic E-state index is 12.5. The van der Waals surface area contributed by atoms with E-state index >= 15 is 0 Å². The molecule has 2 aliphatic heterocycles. The first kappa shape index (κ1) is 15.2. The van der Waals surface area contributed by atoms with Crippen LogP contribution in [0.1, 0.15) is 31.6 Å². The lowest BCUT2D eigenvalue weighted by Crippen LogP contribution is -2.52. The van der Waals surface area contributed by atoms with Gasteiger partial charge < -0.3 is 14.1 Å². The molecule has 0 radical (unpaired) electrons. The number of aromatic amines is 1. The van der Waals surface area contributed by atoms with E-state index in [0.29, 0.717) is 32.1 Å². The van der Waals surface area contributed by atoms with E-state index in [4.69, 9.17) is 9.15 Å². The van der Waals surface area contributed by atoms with Crippen LogP contribution in [0.3, 0.4) is 0 Å². The van der Waals surface area contributed by atoms with Crippen LogP contribution in [0.5, 0.6) is 0 Å². The van der Waals surface area contributed by atoms with Gasteiger partial charge in [0, 0.05) is 32.1 Å². The molecule has 1 N–H and O–H groups in total. The number of amides is 1. The van der Waals surface area contributed by atoms with Gasteiger partial charge in [0.05, 0.1) is 6.61 Å².